The zero-order valence-corrected chi connectivity index (χ0v) is 14.5. The highest BCUT2D eigenvalue weighted by atomic mass is 16.4. The number of aromatic nitrogens is 1. The van der Waals surface area contributed by atoms with Crippen LogP contribution in [0, 0.1) is 0 Å². The number of pyridine rings is 1. The Morgan fingerprint density at radius 2 is 2.23 bits per heavy atom. The third-order valence-electron chi connectivity index (χ3n) is 3.99. The molecule has 0 bridgehead atoms. The summed E-state index contributed by atoms with van der Waals surface area (Å²) >= 11 is 0. The number of carbonyl (C=O) groups is 4. The van der Waals surface area contributed by atoms with Crippen molar-refractivity contribution < 1.29 is 24.3 Å². The molecule has 140 valence electrons. The van der Waals surface area contributed by atoms with Crippen LogP contribution in [0.15, 0.2) is 18.3 Å². The molecule has 0 aliphatic carbocycles. The molecule has 1 aromatic heterocycles. The second-order valence-corrected chi connectivity index (χ2v) is 5.90. The first-order valence-electron chi connectivity index (χ1n) is 7.98. The molecule has 10 nitrogen and oxygen atoms in total. The molecule has 0 saturated carbocycles. The van der Waals surface area contributed by atoms with Gasteiger partial charge in [-0.25, -0.2) is 4.98 Å². The maximum Gasteiger partial charge on any atom is 0.305 e. The van der Waals surface area contributed by atoms with Crippen LogP contribution < -0.4 is 20.4 Å². The SMILES string of the molecule is CNC1CN(C)c2ncccc2N(CC(=O)NC(C=O)CC(=O)O)C1=O. The highest BCUT2D eigenvalue weighted by Gasteiger charge is 2.33. The van der Waals surface area contributed by atoms with Crippen LogP contribution in [0.25, 0.3) is 0 Å². The number of carboxylic acid groups (broad SMARTS) is 1. The van der Waals surface area contributed by atoms with Crippen molar-refractivity contribution in [2.45, 2.75) is 18.5 Å². The Labute approximate surface area is 150 Å². The van der Waals surface area contributed by atoms with Crippen molar-refractivity contribution in [3.05, 3.63) is 18.3 Å². The molecule has 2 amide bonds. The third-order valence-corrected chi connectivity index (χ3v) is 3.99. The Balaban J connectivity index is 2.25. The van der Waals surface area contributed by atoms with E-state index in [0.717, 1.165) is 0 Å². The molecule has 2 atom stereocenters. The van der Waals surface area contributed by atoms with E-state index in [1.807, 2.05) is 4.90 Å². The molecule has 2 unspecified atom stereocenters. The van der Waals surface area contributed by atoms with Crippen molar-refractivity contribution in [1.82, 2.24) is 15.6 Å². The van der Waals surface area contributed by atoms with Crippen LogP contribution in [0.2, 0.25) is 0 Å². The number of nitrogens with zero attached hydrogens (tertiary/aromatic N) is 3. The van der Waals surface area contributed by atoms with Gasteiger partial charge in [-0.05, 0) is 19.2 Å². The van der Waals surface area contributed by atoms with Gasteiger partial charge in [0, 0.05) is 19.8 Å². The van der Waals surface area contributed by atoms with Crippen molar-refractivity contribution in [2.75, 3.05) is 37.0 Å². The van der Waals surface area contributed by atoms with Gasteiger partial charge < -0.3 is 25.4 Å². The number of aldehydes is 1. The molecular weight excluding hydrogens is 342 g/mol. The summed E-state index contributed by atoms with van der Waals surface area (Å²) in [7, 11) is 3.44. The molecule has 2 heterocycles. The fraction of sp³-hybridized carbons (Fsp3) is 0.438. The van der Waals surface area contributed by atoms with Crippen LogP contribution in [-0.4, -0.2) is 73.4 Å². The van der Waals surface area contributed by atoms with Gasteiger partial charge in [0.15, 0.2) is 5.82 Å². The Hall–Kier alpha value is -3.01. The number of fused-ring (bicyclic) bond motifs is 1. The van der Waals surface area contributed by atoms with Gasteiger partial charge in [0.2, 0.25) is 11.8 Å². The fourth-order valence-electron chi connectivity index (χ4n) is 2.73. The number of hydrogen-bond donors (Lipinski definition) is 3. The number of amides is 2. The van der Waals surface area contributed by atoms with Crippen molar-refractivity contribution in [1.29, 1.82) is 0 Å². The van der Waals surface area contributed by atoms with E-state index in [9.17, 15) is 19.2 Å². The molecule has 2 rings (SSSR count). The van der Waals surface area contributed by atoms with Gasteiger partial charge in [0.1, 0.15) is 18.9 Å². The largest absolute Gasteiger partial charge is 0.481 e. The Bertz CT molecular complexity index is 710. The first kappa shape index (κ1) is 19.3. The minimum atomic E-state index is -1.21. The quantitative estimate of drug-likeness (QED) is 0.505. The number of carboxylic acids is 1. The second kappa shape index (κ2) is 8.39. The van der Waals surface area contributed by atoms with Crippen molar-refractivity contribution in [2.24, 2.45) is 0 Å². The molecule has 0 fully saturated rings. The standard InChI is InChI=1S/C16H21N5O5/c1-17-11-7-20(2)15-12(4-3-5-18-15)21(16(11)26)8-13(23)19-10(9-22)6-14(24)25/h3-5,9-11,17H,6-8H2,1-2H3,(H,19,23)(H,24,25). The molecule has 0 radical (unpaired) electrons. The van der Waals surface area contributed by atoms with Crippen LogP contribution >= 0.6 is 0 Å². The molecule has 1 aromatic rings. The Morgan fingerprint density at radius 3 is 2.85 bits per heavy atom. The van der Waals surface area contributed by atoms with E-state index in [0.29, 0.717) is 24.3 Å². The van der Waals surface area contributed by atoms with Gasteiger partial charge in [-0.2, -0.15) is 0 Å². The summed E-state index contributed by atoms with van der Waals surface area (Å²) in [4.78, 5) is 54.1. The van der Waals surface area contributed by atoms with Crippen LogP contribution in [0.5, 0.6) is 0 Å². The Morgan fingerprint density at radius 1 is 1.50 bits per heavy atom. The van der Waals surface area contributed by atoms with E-state index in [4.69, 9.17) is 5.11 Å². The van der Waals surface area contributed by atoms with E-state index in [-0.39, 0.29) is 12.5 Å². The molecule has 26 heavy (non-hydrogen) atoms. The topological polar surface area (TPSA) is 132 Å². The average molecular weight is 363 g/mol. The highest BCUT2D eigenvalue weighted by molar-refractivity contribution is 6.05. The first-order chi connectivity index (χ1) is 12.4. The maximum absolute atomic E-state index is 12.8. The lowest BCUT2D eigenvalue weighted by molar-refractivity contribution is -0.138. The smallest absolute Gasteiger partial charge is 0.305 e. The lowest BCUT2D eigenvalue weighted by atomic mass is 10.2. The minimum absolute atomic E-state index is 0.317. The third kappa shape index (κ3) is 4.33. The minimum Gasteiger partial charge on any atom is -0.481 e. The second-order valence-electron chi connectivity index (χ2n) is 5.90. The number of likely N-dealkylation sites (N-methyl/N-ethyl adjacent to an activating group) is 2. The van der Waals surface area contributed by atoms with Crippen molar-refractivity contribution in [3.63, 3.8) is 0 Å². The average Bonchev–Trinajstić information content (AvgIpc) is 2.71. The van der Waals surface area contributed by atoms with Crippen LogP contribution in [-0.2, 0) is 19.2 Å². The van der Waals surface area contributed by atoms with E-state index in [1.165, 1.54) is 4.90 Å². The molecule has 1 aliphatic heterocycles. The van der Waals surface area contributed by atoms with E-state index < -0.39 is 30.4 Å². The van der Waals surface area contributed by atoms with Gasteiger partial charge in [0.05, 0.1) is 18.2 Å². The van der Waals surface area contributed by atoms with E-state index >= 15 is 0 Å². The molecular formula is C16H21N5O5. The van der Waals surface area contributed by atoms with Crippen molar-refractivity contribution >= 4 is 35.6 Å². The summed E-state index contributed by atoms with van der Waals surface area (Å²) in [5, 5.41) is 14.0. The summed E-state index contributed by atoms with van der Waals surface area (Å²) in [5.41, 5.74) is 0.466. The molecule has 0 saturated heterocycles. The van der Waals surface area contributed by atoms with Crippen LogP contribution in [0.4, 0.5) is 11.5 Å². The number of carbonyl (C=O) groups excluding carboxylic acids is 3. The van der Waals surface area contributed by atoms with Crippen LogP contribution in [0.3, 0.4) is 0 Å². The molecule has 0 spiro atoms. The van der Waals surface area contributed by atoms with Gasteiger partial charge in [-0.1, -0.05) is 0 Å². The summed E-state index contributed by atoms with van der Waals surface area (Å²) in [6, 6.07) is 1.63. The summed E-state index contributed by atoms with van der Waals surface area (Å²) in [5.74, 6) is -1.61. The van der Waals surface area contributed by atoms with E-state index in [2.05, 4.69) is 15.6 Å². The number of nitrogens with one attached hydrogen (secondary N) is 2. The van der Waals surface area contributed by atoms with Gasteiger partial charge in [0.25, 0.3) is 0 Å². The van der Waals surface area contributed by atoms with Gasteiger partial charge in [-0.15, -0.1) is 0 Å². The zero-order chi connectivity index (χ0) is 19.3. The molecule has 3 N–H and O–H groups in total. The van der Waals surface area contributed by atoms with Gasteiger partial charge >= 0.3 is 5.97 Å². The number of anilines is 2. The lowest BCUT2D eigenvalue weighted by Gasteiger charge is -2.24. The van der Waals surface area contributed by atoms with Crippen molar-refractivity contribution in [3.8, 4) is 0 Å². The molecule has 0 aromatic carbocycles. The monoisotopic (exact) mass is 363 g/mol. The zero-order valence-electron chi connectivity index (χ0n) is 14.5. The predicted molar refractivity (Wildman–Crippen MR) is 93.0 cm³/mol. The number of aliphatic carboxylic acids is 1. The van der Waals surface area contributed by atoms with Gasteiger partial charge in [-0.3, -0.25) is 19.3 Å². The lowest BCUT2D eigenvalue weighted by Crippen LogP contribution is -2.52. The fourth-order valence-corrected chi connectivity index (χ4v) is 2.73. The normalized spacial score (nSPS) is 17.9. The summed E-state index contributed by atoms with van der Waals surface area (Å²) in [6.07, 6.45) is 1.42. The Kier molecular flexibility index (Phi) is 6.23. The maximum atomic E-state index is 12.8. The van der Waals surface area contributed by atoms with E-state index in [1.54, 1.807) is 32.4 Å². The molecule has 10 heteroatoms. The van der Waals surface area contributed by atoms with Crippen LogP contribution in [0.1, 0.15) is 6.42 Å². The summed E-state index contributed by atoms with van der Waals surface area (Å²) < 4.78 is 0. The number of rotatable bonds is 7. The number of hydrogen-bond acceptors (Lipinski definition) is 7. The molecule has 1 aliphatic rings. The first-order valence-corrected chi connectivity index (χ1v) is 7.98. The summed E-state index contributed by atoms with van der Waals surface area (Å²) in [6.45, 7) is 0.0148. The predicted octanol–water partition coefficient (Wildman–Crippen LogP) is -1.39. The highest BCUT2D eigenvalue weighted by Crippen LogP contribution is 2.29.